The summed E-state index contributed by atoms with van der Waals surface area (Å²) in [5, 5.41) is 8.15. The maximum Gasteiger partial charge on any atom is 0.257 e. The van der Waals surface area contributed by atoms with Gasteiger partial charge < -0.3 is 9.88 Å². The average Bonchev–Trinajstić information content (AvgIpc) is 3.22. The minimum atomic E-state index is -0.186. The van der Waals surface area contributed by atoms with Gasteiger partial charge in [0.1, 0.15) is 0 Å². The number of amides is 1. The molecule has 4 rings (SSSR count). The molecule has 0 fully saturated rings. The van der Waals surface area contributed by atoms with Gasteiger partial charge in [-0.1, -0.05) is 6.07 Å². The van der Waals surface area contributed by atoms with Crippen molar-refractivity contribution in [2.75, 3.05) is 5.32 Å². The second kappa shape index (κ2) is 5.90. The van der Waals surface area contributed by atoms with Crippen LogP contribution in [0.4, 0.5) is 5.69 Å². The fraction of sp³-hybridized carbons (Fsp3) is 0.105. The molecule has 0 aliphatic heterocycles. The van der Waals surface area contributed by atoms with Crippen molar-refractivity contribution in [3.05, 3.63) is 66.9 Å². The molecule has 0 saturated carbocycles. The molecule has 0 spiro atoms. The minimum absolute atomic E-state index is 0.186. The third kappa shape index (κ3) is 2.78. The lowest BCUT2D eigenvalue weighted by molar-refractivity contribution is 0.102. The standard InChI is InChI=1S/C19H17N5O/c1-23-7-6-16-17(4-3-5-18(16)23)22-19(25)14-8-13(9-20-10-14)15-11-21-24(2)12-15/h3-12H,1-2H3,(H,22,25). The average molecular weight is 331 g/mol. The molecule has 1 N–H and O–H groups in total. The van der Waals surface area contributed by atoms with Crippen LogP contribution in [-0.4, -0.2) is 25.2 Å². The molecule has 4 aromatic rings. The van der Waals surface area contributed by atoms with Crippen LogP contribution in [0.1, 0.15) is 10.4 Å². The summed E-state index contributed by atoms with van der Waals surface area (Å²) < 4.78 is 3.74. The Morgan fingerprint density at radius 3 is 2.76 bits per heavy atom. The number of anilines is 1. The highest BCUT2D eigenvalue weighted by atomic mass is 16.1. The first-order valence-electron chi connectivity index (χ1n) is 7.91. The SMILES string of the molecule is Cn1cc(-c2cncc(C(=O)Nc3cccc4c3ccn4C)c2)cn1. The molecular formula is C19H17N5O. The van der Waals surface area contributed by atoms with E-state index in [0.29, 0.717) is 5.56 Å². The van der Waals surface area contributed by atoms with E-state index in [2.05, 4.69) is 15.4 Å². The number of aryl methyl sites for hydroxylation is 2. The molecular weight excluding hydrogens is 314 g/mol. The van der Waals surface area contributed by atoms with E-state index in [1.165, 1.54) is 0 Å². The van der Waals surface area contributed by atoms with Gasteiger partial charge in [0.2, 0.25) is 0 Å². The molecule has 1 amide bonds. The highest BCUT2D eigenvalue weighted by Crippen LogP contribution is 2.25. The lowest BCUT2D eigenvalue weighted by Crippen LogP contribution is -2.12. The lowest BCUT2D eigenvalue weighted by Gasteiger charge is -2.08. The molecule has 1 aromatic carbocycles. The van der Waals surface area contributed by atoms with Gasteiger partial charge in [-0.05, 0) is 24.3 Å². The van der Waals surface area contributed by atoms with Gasteiger partial charge in [-0.15, -0.1) is 0 Å². The number of aromatic nitrogens is 4. The Kier molecular flexibility index (Phi) is 3.57. The van der Waals surface area contributed by atoms with Crippen molar-refractivity contribution in [3.63, 3.8) is 0 Å². The van der Waals surface area contributed by atoms with Gasteiger partial charge >= 0.3 is 0 Å². The molecule has 25 heavy (non-hydrogen) atoms. The van der Waals surface area contributed by atoms with Crippen molar-refractivity contribution in [2.24, 2.45) is 14.1 Å². The Morgan fingerprint density at radius 1 is 1.08 bits per heavy atom. The van der Waals surface area contributed by atoms with E-state index in [4.69, 9.17) is 0 Å². The van der Waals surface area contributed by atoms with Crippen molar-refractivity contribution < 1.29 is 4.79 Å². The zero-order valence-electron chi connectivity index (χ0n) is 14.0. The van der Waals surface area contributed by atoms with Crippen LogP contribution in [0.15, 0.2) is 61.3 Å². The predicted octanol–water partition coefficient (Wildman–Crippen LogP) is 3.23. The summed E-state index contributed by atoms with van der Waals surface area (Å²) >= 11 is 0. The Labute approximate surface area is 144 Å². The largest absolute Gasteiger partial charge is 0.350 e. The van der Waals surface area contributed by atoms with Gasteiger partial charge in [0.05, 0.1) is 17.4 Å². The normalized spacial score (nSPS) is 11.0. The quantitative estimate of drug-likeness (QED) is 0.627. The molecule has 3 aromatic heterocycles. The van der Waals surface area contributed by atoms with E-state index in [1.54, 1.807) is 23.3 Å². The topological polar surface area (TPSA) is 64.7 Å². The van der Waals surface area contributed by atoms with Gasteiger partial charge in [0, 0.05) is 60.9 Å². The number of hydrogen-bond donors (Lipinski definition) is 1. The van der Waals surface area contributed by atoms with Gasteiger partial charge in [0.15, 0.2) is 0 Å². The van der Waals surface area contributed by atoms with Crippen molar-refractivity contribution in [1.82, 2.24) is 19.3 Å². The number of nitrogens with one attached hydrogen (secondary N) is 1. The van der Waals surface area contributed by atoms with Gasteiger partial charge in [-0.25, -0.2) is 0 Å². The van der Waals surface area contributed by atoms with Crippen LogP contribution >= 0.6 is 0 Å². The van der Waals surface area contributed by atoms with Crippen LogP contribution in [-0.2, 0) is 14.1 Å². The smallest absolute Gasteiger partial charge is 0.257 e. The summed E-state index contributed by atoms with van der Waals surface area (Å²) in [5.74, 6) is -0.186. The van der Waals surface area contributed by atoms with Crippen LogP contribution in [0.25, 0.3) is 22.0 Å². The second-order valence-corrected chi connectivity index (χ2v) is 5.98. The minimum Gasteiger partial charge on any atom is -0.350 e. The molecule has 3 heterocycles. The van der Waals surface area contributed by atoms with Crippen LogP contribution < -0.4 is 5.32 Å². The Hall–Kier alpha value is -3.41. The highest BCUT2D eigenvalue weighted by Gasteiger charge is 2.11. The predicted molar refractivity (Wildman–Crippen MR) is 97.3 cm³/mol. The number of benzene rings is 1. The first-order chi connectivity index (χ1) is 12.1. The number of nitrogens with zero attached hydrogens (tertiary/aromatic N) is 4. The number of carbonyl (C=O) groups is 1. The summed E-state index contributed by atoms with van der Waals surface area (Å²) in [6.07, 6.45) is 8.92. The van der Waals surface area contributed by atoms with Gasteiger partial charge in [-0.3, -0.25) is 14.5 Å². The Bertz CT molecular complexity index is 1080. The molecule has 0 bridgehead atoms. The number of hydrogen-bond acceptors (Lipinski definition) is 3. The molecule has 6 heteroatoms. The van der Waals surface area contributed by atoms with Gasteiger partial charge in [-0.2, -0.15) is 5.10 Å². The first-order valence-corrected chi connectivity index (χ1v) is 7.91. The molecule has 0 radical (unpaired) electrons. The monoisotopic (exact) mass is 331 g/mol. The first kappa shape index (κ1) is 15.1. The molecule has 0 aliphatic rings. The van der Waals surface area contributed by atoms with Crippen LogP contribution in [0.2, 0.25) is 0 Å². The van der Waals surface area contributed by atoms with E-state index in [0.717, 1.165) is 27.7 Å². The van der Waals surface area contributed by atoms with Crippen LogP contribution in [0.3, 0.4) is 0 Å². The molecule has 124 valence electrons. The van der Waals surface area contributed by atoms with E-state index in [9.17, 15) is 4.79 Å². The number of fused-ring (bicyclic) bond motifs is 1. The number of pyridine rings is 1. The van der Waals surface area contributed by atoms with Crippen molar-refractivity contribution in [3.8, 4) is 11.1 Å². The van der Waals surface area contributed by atoms with Crippen LogP contribution in [0, 0.1) is 0 Å². The van der Waals surface area contributed by atoms with Crippen molar-refractivity contribution in [2.45, 2.75) is 0 Å². The summed E-state index contributed by atoms with van der Waals surface area (Å²) in [6, 6.07) is 9.68. The Balaban J connectivity index is 1.65. The van der Waals surface area contributed by atoms with Crippen molar-refractivity contribution >= 4 is 22.5 Å². The molecule has 0 saturated heterocycles. The summed E-state index contributed by atoms with van der Waals surface area (Å²) in [4.78, 5) is 16.9. The van der Waals surface area contributed by atoms with E-state index in [-0.39, 0.29) is 5.91 Å². The third-order valence-corrected chi connectivity index (χ3v) is 4.21. The number of carbonyl (C=O) groups excluding carboxylic acids is 1. The van der Waals surface area contributed by atoms with Crippen LogP contribution in [0.5, 0.6) is 0 Å². The Morgan fingerprint density at radius 2 is 1.96 bits per heavy atom. The summed E-state index contributed by atoms with van der Waals surface area (Å²) in [5.41, 5.74) is 4.15. The van der Waals surface area contributed by atoms with Crippen molar-refractivity contribution in [1.29, 1.82) is 0 Å². The maximum atomic E-state index is 12.7. The highest BCUT2D eigenvalue weighted by molar-refractivity contribution is 6.09. The zero-order chi connectivity index (χ0) is 17.4. The fourth-order valence-corrected chi connectivity index (χ4v) is 2.90. The summed E-state index contributed by atoms with van der Waals surface area (Å²) in [7, 11) is 3.84. The molecule has 0 unspecified atom stereocenters. The molecule has 6 nitrogen and oxygen atoms in total. The van der Waals surface area contributed by atoms with Gasteiger partial charge in [0.25, 0.3) is 5.91 Å². The number of rotatable bonds is 3. The van der Waals surface area contributed by atoms with E-state index in [1.807, 2.05) is 61.4 Å². The third-order valence-electron chi connectivity index (χ3n) is 4.21. The molecule has 0 aliphatic carbocycles. The maximum absolute atomic E-state index is 12.7. The zero-order valence-corrected chi connectivity index (χ0v) is 14.0. The lowest BCUT2D eigenvalue weighted by atomic mass is 10.1. The molecule has 0 atom stereocenters. The fourth-order valence-electron chi connectivity index (χ4n) is 2.90. The second-order valence-electron chi connectivity index (χ2n) is 5.98. The van der Waals surface area contributed by atoms with E-state index < -0.39 is 0 Å². The summed E-state index contributed by atoms with van der Waals surface area (Å²) in [6.45, 7) is 0. The van der Waals surface area contributed by atoms with E-state index >= 15 is 0 Å².